The summed E-state index contributed by atoms with van der Waals surface area (Å²) < 4.78 is 5.35. The topological polar surface area (TPSA) is 65.0 Å². The average Bonchev–Trinajstić information content (AvgIpc) is 3.57. The summed E-state index contributed by atoms with van der Waals surface area (Å²) >= 11 is 12.9. The molecule has 0 radical (unpaired) electrons. The number of carbonyl (C=O) groups is 1. The molecule has 1 saturated carbocycles. The second-order valence-electron chi connectivity index (χ2n) is 11.6. The summed E-state index contributed by atoms with van der Waals surface area (Å²) in [5.41, 5.74) is 5.32. The van der Waals surface area contributed by atoms with Crippen LogP contribution in [0.4, 0.5) is 5.69 Å². The number of hydrogen-bond acceptors (Lipinski definition) is 5. The Bertz CT molecular complexity index is 1610. The molecule has 1 aliphatic heterocycles. The SMILES string of the molecule is COc1ccc(-c2ccc(O)c(C(c3cccc(C(=O)NC4CCCC4)c3)N3CCN(c4cccc(Cl)c4Cl)CC3)c2)cc1. The molecule has 2 aliphatic rings. The summed E-state index contributed by atoms with van der Waals surface area (Å²) in [4.78, 5) is 17.9. The number of phenols is 1. The Kier molecular flexibility index (Phi) is 9.31. The number of nitrogens with zero attached hydrogens (tertiary/aromatic N) is 2. The van der Waals surface area contributed by atoms with Gasteiger partial charge in [-0.2, -0.15) is 0 Å². The molecule has 1 saturated heterocycles. The number of phenolic OH excluding ortho intramolecular Hbond substituents is 1. The fraction of sp³-hybridized carbons (Fsp3) is 0.306. The molecule has 2 fully saturated rings. The molecule has 1 aliphatic carbocycles. The van der Waals surface area contributed by atoms with Crippen molar-refractivity contribution in [2.45, 2.75) is 37.8 Å². The Morgan fingerprint density at radius 1 is 0.886 bits per heavy atom. The highest BCUT2D eigenvalue weighted by atomic mass is 35.5. The first-order chi connectivity index (χ1) is 21.4. The first-order valence-corrected chi connectivity index (χ1v) is 16.0. The van der Waals surface area contributed by atoms with Gasteiger partial charge in [0.1, 0.15) is 11.5 Å². The Morgan fingerprint density at radius 2 is 1.59 bits per heavy atom. The molecule has 6 nitrogen and oxygen atoms in total. The molecule has 1 amide bonds. The van der Waals surface area contributed by atoms with Gasteiger partial charge in [0.2, 0.25) is 0 Å². The highest BCUT2D eigenvalue weighted by Gasteiger charge is 2.30. The van der Waals surface area contributed by atoms with Crippen molar-refractivity contribution in [2.75, 3.05) is 38.2 Å². The first kappa shape index (κ1) is 30.3. The lowest BCUT2D eigenvalue weighted by molar-refractivity contribution is 0.0937. The Balaban J connectivity index is 1.34. The number of carbonyl (C=O) groups excluding carboxylic acids is 1. The number of amides is 1. The van der Waals surface area contributed by atoms with Crippen LogP contribution in [0.5, 0.6) is 11.5 Å². The first-order valence-electron chi connectivity index (χ1n) is 15.2. The third-order valence-electron chi connectivity index (χ3n) is 8.85. The Labute approximate surface area is 269 Å². The number of rotatable bonds is 8. The standard InChI is InChI=1S/C36H37Cl2N3O3/c1-44-29-15-12-24(13-16-29)25-14-17-33(42)30(23-25)35(26-6-4-7-27(22-26)36(43)39-28-8-2-3-9-28)41-20-18-40(19-21-41)32-11-5-10-31(37)34(32)38/h4-7,10-17,22-23,28,35,42H,2-3,8-9,18-21H2,1H3,(H,39,43). The van der Waals surface area contributed by atoms with Gasteiger partial charge in [-0.1, -0.05) is 72.4 Å². The summed E-state index contributed by atoms with van der Waals surface area (Å²) in [5, 5.41) is 15.6. The lowest BCUT2D eigenvalue weighted by Crippen LogP contribution is -2.48. The van der Waals surface area contributed by atoms with Gasteiger partial charge in [0.25, 0.3) is 5.91 Å². The van der Waals surface area contributed by atoms with Crippen LogP contribution in [0.1, 0.15) is 53.2 Å². The summed E-state index contributed by atoms with van der Waals surface area (Å²) in [6, 6.07) is 27.2. The molecule has 0 aromatic heterocycles. The predicted octanol–water partition coefficient (Wildman–Crippen LogP) is 7.96. The number of benzene rings is 4. The van der Waals surface area contributed by atoms with Crippen molar-refractivity contribution in [3.8, 4) is 22.6 Å². The molecule has 6 rings (SSSR count). The average molecular weight is 631 g/mol. The van der Waals surface area contributed by atoms with E-state index in [0.717, 1.165) is 85.6 Å². The third kappa shape index (κ3) is 6.53. The van der Waals surface area contributed by atoms with Gasteiger partial charge in [0, 0.05) is 43.3 Å². The largest absolute Gasteiger partial charge is 0.508 e. The maximum absolute atomic E-state index is 13.3. The summed E-state index contributed by atoms with van der Waals surface area (Å²) in [6.07, 6.45) is 4.37. The van der Waals surface area contributed by atoms with Crippen molar-refractivity contribution in [1.82, 2.24) is 10.2 Å². The lowest BCUT2D eigenvalue weighted by Gasteiger charge is -2.41. The fourth-order valence-corrected chi connectivity index (χ4v) is 6.89. The lowest BCUT2D eigenvalue weighted by atomic mass is 9.91. The van der Waals surface area contributed by atoms with Gasteiger partial charge in [-0.3, -0.25) is 9.69 Å². The number of hydrogen-bond donors (Lipinski definition) is 2. The normalized spacial score (nSPS) is 16.6. The van der Waals surface area contributed by atoms with Gasteiger partial charge < -0.3 is 20.1 Å². The molecule has 44 heavy (non-hydrogen) atoms. The molecule has 1 atom stereocenters. The van der Waals surface area contributed by atoms with Gasteiger partial charge in [-0.05, 0) is 78.1 Å². The number of piperazine rings is 1. The van der Waals surface area contributed by atoms with Crippen molar-refractivity contribution in [1.29, 1.82) is 0 Å². The van der Waals surface area contributed by atoms with E-state index in [9.17, 15) is 9.90 Å². The van der Waals surface area contributed by atoms with E-state index in [-0.39, 0.29) is 23.7 Å². The molecular formula is C36H37Cl2N3O3. The minimum atomic E-state index is -0.274. The van der Waals surface area contributed by atoms with Crippen molar-refractivity contribution in [2.24, 2.45) is 0 Å². The maximum atomic E-state index is 13.3. The van der Waals surface area contributed by atoms with Crippen molar-refractivity contribution in [3.05, 3.63) is 112 Å². The zero-order valence-corrected chi connectivity index (χ0v) is 26.3. The van der Waals surface area contributed by atoms with Crippen molar-refractivity contribution >= 4 is 34.8 Å². The van der Waals surface area contributed by atoms with Crippen LogP contribution in [-0.2, 0) is 0 Å². The highest BCUT2D eigenvalue weighted by Crippen LogP contribution is 2.39. The summed E-state index contributed by atoms with van der Waals surface area (Å²) in [5.74, 6) is 0.957. The molecule has 4 aromatic carbocycles. The van der Waals surface area contributed by atoms with Crippen LogP contribution >= 0.6 is 23.2 Å². The van der Waals surface area contributed by atoms with E-state index in [4.69, 9.17) is 27.9 Å². The maximum Gasteiger partial charge on any atom is 0.251 e. The fourth-order valence-electron chi connectivity index (χ4n) is 6.47. The Morgan fingerprint density at radius 3 is 2.32 bits per heavy atom. The van der Waals surface area contributed by atoms with E-state index in [1.54, 1.807) is 19.2 Å². The summed E-state index contributed by atoms with van der Waals surface area (Å²) in [6.45, 7) is 2.91. The number of nitrogens with one attached hydrogen (secondary N) is 1. The second kappa shape index (κ2) is 13.5. The van der Waals surface area contributed by atoms with Crippen molar-refractivity contribution < 1.29 is 14.6 Å². The van der Waals surface area contributed by atoms with Crippen LogP contribution < -0.4 is 15.0 Å². The number of ether oxygens (including phenoxy) is 1. The van der Waals surface area contributed by atoms with E-state index in [1.807, 2.05) is 60.7 Å². The number of halogens is 2. The van der Waals surface area contributed by atoms with E-state index in [2.05, 4.69) is 27.2 Å². The minimum Gasteiger partial charge on any atom is -0.508 e. The molecular weight excluding hydrogens is 593 g/mol. The van der Waals surface area contributed by atoms with E-state index in [1.165, 1.54) is 0 Å². The van der Waals surface area contributed by atoms with Crippen LogP contribution in [0, 0.1) is 0 Å². The molecule has 2 N–H and O–H groups in total. The van der Waals surface area contributed by atoms with E-state index < -0.39 is 0 Å². The van der Waals surface area contributed by atoms with Gasteiger partial charge in [-0.25, -0.2) is 0 Å². The zero-order valence-electron chi connectivity index (χ0n) is 24.8. The van der Waals surface area contributed by atoms with Gasteiger partial charge in [0.05, 0.1) is 28.9 Å². The summed E-state index contributed by atoms with van der Waals surface area (Å²) in [7, 11) is 1.65. The Hall–Kier alpha value is -3.71. The molecule has 8 heteroatoms. The van der Waals surface area contributed by atoms with E-state index in [0.29, 0.717) is 15.6 Å². The third-order valence-corrected chi connectivity index (χ3v) is 9.66. The number of aromatic hydroxyl groups is 1. The predicted molar refractivity (Wildman–Crippen MR) is 178 cm³/mol. The van der Waals surface area contributed by atoms with E-state index >= 15 is 0 Å². The second-order valence-corrected chi connectivity index (χ2v) is 12.4. The van der Waals surface area contributed by atoms with Gasteiger partial charge in [0.15, 0.2) is 0 Å². The number of methoxy groups -OCH3 is 1. The zero-order chi connectivity index (χ0) is 30.6. The van der Waals surface area contributed by atoms with Gasteiger partial charge >= 0.3 is 0 Å². The highest BCUT2D eigenvalue weighted by molar-refractivity contribution is 6.43. The monoisotopic (exact) mass is 629 g/mol. The van der Waals surface area contributed by atoms with Crippen LogP contribution in [0.15, 0.2) is 84.9 Å². The van der Waals surface area contributed by atoms with Gasteiger partial charge in [-0.15, -0.1) is 0 Å². The molecule has 1 heterocycles. The van der Waals surface area contributed by atoms with Crippen LogP contribution in [0.25, 0.3) is 11.1 Å². The minimum absolute atomic E-state index is 0.0471. The molecule has 228 valence electrons. The van der Waals surface area contributed by atoms with Crippen molar-refractivity contribution in [3.63, 3.8) is 0 Å². The quantitative estimate of drug-likeness (QED) is 0.207. The number of anilines is 1. The molecule has 0 bridgehead atoms. The smallest absolute Gasteiger partial charge is 0.251 e. The molecule has 4 aromatic rings. The van der Waals surface area contributed by atoms with Crippen LogP contribution in [-0.4, -0.2) is 55.2 Å². The molecule has 1 unspecified atom stereocenters. The van der Waals surface area contributed by atoms with Crippen LogP contribution in [0.2, 0.25) is 10.0 Å². The van der Waals surface area contributed by atoms with Crippen LogP contribution in [0.3, 0.4) is 0 Å². The molecule has 0 spiro atoms.